The Morgan fingerprint density at radius 3 is 2.39 bits per heavy atom. The average Bonchev–Trinajstić information content (AvgIpc) is 3.01. The maximum atomic E-state index is 6.37. The number of hydrogen-bond donors (Lipinski definition) is 0. The van der Waals surface area contributed by atoms with Crippen LogP contribution < -0.4 is 0 Å². The summed E-state index contributed by atoms with van der Waals surface area (Å²) in [5.41, 5.74) is 0. The molecule has 2 fully saturated rings. The van der Waals surface area contributed by atoms with Crippen LogP contribution in [-0.4, -0.2) is 88.1 Å². The van der Waals surface area contributed by atoms with Gasteiger partial charge in [0, 0.05) is 34.4 Å². The van der Waals surface area contributed by atoms with Crippen LogP contribution >= 0.6 is 6.57 Å². The Hall–Kier alpha value is 0.370. The molecule has 2 rings (SSSR count). The molecule has 23 heavy (non-hydrogen) atoms. The highest BCUT2D eigenvalue weighted by molar-refractivity contribution is 8.10. The monoisotopic (exact) mass is 368 g/mol. The second-order valence-electron chi connectivity index (χ2n) is 5.69. The van der Waals surface area contributed by atoms with Crippen molar-refractivity contribution in [1.82, 2.24) is 9.34 Å². The molecule has 2 aliphatic heterocycles. The van der Waals surface area contributed by atoms with Crippen LogP contribution in [0.25, 0.3) is 0 Å². The fourth-order valence-corrected chi connectivity index (χ4v) is 7.01. The summed E-state index contributed by atoms with van der Waals surface area (Å²) in [6.07, 6.45) is -1.12. The molecule has 0 bridgehead atoms. The second-order valence-corrected chi connectivity index (χ2v) is 9.51. The maximum Gasteiger partial charge on any atom is 0.205 e. The van der Waals surface area contributed by atoms with E-state index in [-0.39, 0.29) is 30.6 Å². The number of likely N-dealkylation sites (N-methyl/N-ethyl adjacent to an activating group) is 1. The van der Waals surface area contributed by atoms with Gasteiger partial charge in [0.1, 0.15) is 30.6 Å². The molecule has 0 aromatic heterocycles. The topological polar surface area (TPSA) is 52.6 Å². The second kappa shape index (κ2) is 8.17. The molecule has 0 aromatic rings. The van der Waals surface area contributed by atoms with Gasteiger partial charge in [-0.3, -0.25) is 0 Å². The van der Waals surface area contributed by atoms with E-state index in [2.05, 4.69) is 23.2 Å². The lowest BCUT2D eigenvalue weighted by Crippen LogP contribution is -2.43. The van der Waals surface area contributed by atoms with Crippen molar-refractivity contribution in [3.8, 4) is 0 Å². The summed E-state index contributed by atoms with van der Waals surface area (Å²) in [6, 6.07) is 0. The van der Waals surface area contributed by atoms with Gasteiger partial charge in [-0.2, -0.15) is 0 Å². The van der Waals surface area contributed by atoms with E-state index in [1.807, 2.05) is 7.05 Å². The highest BCUT2D eigenvalue weighted by Crippen LogP contribution is 2.63. The third-order valence-electron chi connectivity index (χ3n) is 4.61. The van der Waals surface area contributed by atoms with Crippen molar-refractivity contribution in [3.05, 3.63) is 0 Å². The van der Waals surface area contributed by atoms with E-state index in [4.69, 9.17) is 35.3 Å². The van der Waals surface area contributed by atoms with Crippen LogP contribution in [0, 0.1) is 0 Å². The van der Waals surface area contributed by atoms with Crippen LogP contribution in [0.1, 0.15) is 13.8 Å². The van der Waals surface area contributed by atoms with E-state index in [0.717, 1.165) is 13.1 Å². The molecular formula is C14H29N2O5PS. The first kappa shape index (κ1) is 19.7. The minimum Gasteiger partial charge on any atom is -0.382 e. The molecule has 0 radical (unpaired) electrons. The van der Waals surface area contributed by atoms with Gasteiger partial charge in [0.05, 0.1) is 6.61 Å². The van der Waals surface area contributed by atoms with Crippen LogP contribution in [-0.2, 0) is 35.3 Å². The molecule has 2 heterocycles. The fourth-order valence-electron chi connectivity index (χ4n) is 3.33. The minimum atomic E-state index is -2.26. The lowest BCUT2D eigenvalue weighted by molar-refractivity contribution is -0.120. The summed E-state index contributed by atoms with van der Waals surface area (Å²) in [7, 11) is 6.95. The van der Waals surface area contributed by atoms with E-state index < -0.39 is 6.57 Å². The van der Waals surface area contributed by atoms with Gasteiger partial charge in [0.2, 0.25) is 6.57 Å². The van der Waals surface area contributed by atoms with E-state index in [9.17, 15) is 0 Å². The number of rotatable bonds is 8. The summed E-state index contributed by atoms with van der Waals surface area (Å²) >= 11 is 5.90. The van der Waals surface area contributed by atoms with Crippen LogP contribution in [0.15, 0.2) is 0 Å². The first-order valence-electron chi connectivity index (χ1n) is 7.95. The maximum absolute atomic E-state index is 6.37. The molecule has 6 atom stereocenters. The van der Waals surface area contributed by atoms with Crippen molar-refractivity contribution in [2.45, 2.75) is 44.5 Å². The van der Waals surface area contributed by atoms with Gasteiger partial charge in [-0.1, -0.05) is 13.8 Å². The summed E-state index contributed by atoms with van der Waals surface area (Å²) in [5, 5.41) is 0. The Balaban J connectivity index is 2.21. The minimum absolute atomic E-state index is 0.209. The lowest BCUT2D eigenvalue weighted by Gasteiger charge is -2.36. The molecule has 2 aliphatic rings. The molecule has 0 aromatic carbocycles. The van der Waals surface area contributed by atoms with Crippen molar-refractivity contribution in [2.24, 2.45) is 0 Å². The molecule has 0 aliphatic carbocycles. The van der Waals surface area contributed by atoms with Gasteiger partial charge in [-0.25, -0.2) is 9.34 Å². The predicted octanol–water partition coefficient (Wildman–Crippen LogP) is 1.28. The van der Waals surface area contributed by atoms with Crippen molar-refractivity contribution >= 4 is 18.4 Å². The predicted molar refractivity (Wildman–Crippen MR) is 92.0 cm³/mol. The molecule has 0 N–H and O–H groups in total. The van der Waals surface area contributed by atoms with Gasteiger partial charge in [-0.15, -0.1) is 0 Å². The van der Waals surface area contributed by atoms with Crippen LogP contribution in [0.4, 0.5) is 0 Å². The Morgan fingerprint density at radius 2 is 1.91 bits per heavy atom. The van der Waals surface area contributed by atoms with E-state index >= 15 is 0 Å². The zero-order chi connectivity index (χ0) is 17.2. The van der Waals surface area contributed by atoms with E-state index in [1.54, 1.807) is 21.3 Å². The third kappa shape index (κ3) is 3.38. The quantitative estimate of drug-likeness (QED) is 0.594. The number of fused-ring (bicyclic) bond motifs is 1. The van der Waals surface area contributed by atoms with Crippen molar-refractivity contribution in [1.29, 1.82) is 0 Å². The molecule has 4 unspecified atom stereocenters. The van der Waals surface area contributed by atoms with Crippen LogP contribution in [0.3, 0.4) is 0 Å². The van der Waals surface area contributed by atoms with Crippen LogP contribution in [0.5, 0.6) is 0 Å². The van der Waals surface area contributed by atoms with Gasteiger partial charge < -0.3 is 23.5 Å². The molecule has 136 valence electrons. The molecular weight excluding hydrogens is 339 g/mol. The number of hydrogen-bond acceptors (Lipinski definition) is 6. The Morgan fingerprint density at radius 1 is 1.26 bits per heavy atom. The van der Waals surface area contributed by atoms with Crippen molar-refractivity contribution in [2.75, 3.05) is 48.1 Å². The third-order valence-corrected chi connectivity index (χ3v) is 9.16. The summed E-state index contributed by atoms with van der Waals surface area (Å²) in [5.74, 6) is 0. The smallest absolute Gasteiger partial charge is 0.205 e. The number of ether oxygens (including phenoxy) is 4. The Labute approximate surface area is 144 Å². The SMILES string of the molecule is CCN(CC)P1(=S)OC2C(O[C@H](C(COC)OC)[C@@H]2OC)N1C. The molecule has 0 spiro atoms. The van der Waals surface area contributed by atoms with Crippen LogP contribution in [0.2, 0.25) is 0 Å². The highest BCUT2D eigenvalue weighted by atomic mass is 32.5. The van der Waals surface area contributed by atoms with Gasteiger partial charge >= 0.3 is 0 Å². The number of nitrogens with zero attached hydrogens (tertiary/aromatic N) is 2. The van der Waals surface area contributed by atoms with Gasteiger partial charge in [-0.05, 0) is 18.9 Å². The van der Waals surface area contributed by atoms with E-state index in [1.165, 1.54) is 0 Å². The van der Waals surface area contributed by atoms with E-state index in [0.29, 0.717) is 6.61 Å². The first-order chi connectivity index (χ1) is 11.0. The normalized spacial score (nSPS) is 39.1. The summed E-state index contributed by atoms with van der Waals surface area (Å²) in [6.45, 7) is 4.08. The largest absolute Gasteiger partial charge is 0.382 e. The molecule has 2 saturated heterocycles. The van der Waals surface area contributed by atoms with Gasteiger partial charge in [0.25, 0.3) is 0 Å². The highest BCUT2D eigenvalue weighted by Gasteiger charge is 2.59. The van der Waals surface area contributed by atoms with Gasteiger partial charge in [0.15, 0.2) is 0 Å². The Kier molecular flexibility index (Phi) is 6.99. The summed E-state index contributed by atoms with van der Waals surface area (Å²) in [4.78, 5) is 0. The molecule has 7 nitrogen and oxygen atoms in total. The first-order valence-corrected chi connectivity index (χ1v) is 10.6. The molecule has 9 heteroatoms. The average molecular weight is 368 g/mol. The Bertz CT molecular complexity index is 439. The van der Waals surface area contributed by atoms with Crippen molar-refractivity contribution < 1.29 is 23.5 Å². The summed E-state index contributed by atoms with van der Waals surface area (Å²) < 4.78 is 33.3. The zero-order valence-corrected chi connectivity index (χ0v) is 16.5. The number of methoxy groups -OCH3 is 3. The molecule has 0 amide bonds. The van der Waals surface area contributed by atoms with Crippen molar-refractivity contribution in [3.63, 3.8) is 0 Å². The molecule has 0 saturated carbocycles. The fraction of sp³-hybridized carbons (Fsp3) is 1.00. The zero-order valence-electron chi connectivity index (χ0n) is 14.8. The standard InChI is InChI=1S/C14H29N2O5PS/c1-7-16(8-2)22(23)15(3)14-13(21-22)12(19-6)11(20-14)10(18-5)9-17-4/h10-14H,7-9H2,1-6H3/t10?,11-,12+,13?,14?,22?/m1/s1. The lowest BCUT2D eigenvalue weighted by atomic mass is 10.1.